The van der Waals surface area contributed by atoms with Crippen molar-refractivity contribution in [1.29, 1.82) is 0 Å². The van der Waals surface area contributed by atoms with Crippen molar-refractivity contribution in [2.75, 3.05) is 0 Å². The second kappa shape index (κ2) is 6.35. The fraction of sp³-hybridized carbons (Fsp3) is 0.278. The summed E-state index contributed by atoms with van der Waals surface area (Å²) in [6.07, 6.45) is 0.915. The molecule has 0 radical (unpaired) electrons. The summed E-state index contributed by atoms with van der Waals surface area (Å²) in [5.41, 5.74) is 2.64. The van der Waals surface area contributed by atoms with Gasteiger partial charge in [0.05, 0.1) is 0 Å². The molecule has 1 aliphatic rings. The van der Waals surface area contributed by atoms with Crippen LogP contribution in [0.2, 0.25) is 0 Å². The molecule has 0 saturated carbocycles. The smallest absolute Gasteiger partial charge is 0.123 e. The van der Waals surface area contributed by atoms with Crippen LogP contribution in [0.3, 0.4) is 0 Å². The van der Waals surface area contributed by atoms with E-state index in [4.69, 9.17) is 5.10 Å². The van der Waals surface area contributed by atoms with E-state index in [9.17, 15) is 0 Å². The van der Waals surface area contributed by atoms with E-state index in [1.165, 1.54) is 16.2 Å². The minimum atomic E-state index is 0.296. The standard InChI is InChI=1S/C18H20N2S/c1-14(2)20-18(16-11-7-4-8-12-16)21-17(19-20)13-15-9-5-3-6-10-15/h3-12,14,18H,13H2,1-2H3. The first kappa shape index (κ1) is 14.2. The summed E-state index contributed by atoms with van der Waals surface area (Å²) in [6, 6.07) is 21.6. The van der Waals surface area contributed by atoms with Crippen LogP contribution in [0.4, 0.5) is 0 Å². The Hall–Kier alpha value is -1.74. The summed E-state index contributed by atoms with van der Waals surface area (Å²) in [6.45, 7) is 4.40. The van der Waals surface area contributed by atoms with Gasteiger partial charge < -0.3 is 0 Å². The molecule has 0 aliphatic carbocycles. The zero-order valence-corrected chi connectivity index (χ0v) is 13.3. The Kier molecular flexibility index (Phi) is 4.30. The summed E-state index contributed by atoms with van der Waals surface area (Å²) in [7, 11) is 0. The van der Waals surface area contributed by atoms with Crippen LogP contribution in [-0.4, -0.2) is 16.1 Å². The van der Waals surface area contributed by atoms with Crippen LogP contribution in [0.1, 0.15) is 30.3 Å². The van der Waals surface area contributed by atoms with Crippen LogP contribution in [-0.2, 0) is 6.42 Å². The summed E-state index contributed by atoms with van der Waals surface area (Å²) in [5.74, 6) is 0. The van der Waals surface area contributed by atoms with Gasteiger partial charge in [-0.05, 0) is 25.0 Å². The van der Waals surface area contributed by atoms with Gasteiger partial charge in [0.25, 0.3) is 0 Å². The first-order valence-corrected chi connectivity index (χ1v) is 8.23. The van der Waals surface area contributed by atoms with E-state index >= 15 is 0 Å². The zero-order chi connectivity index (χ0) is 14.7. The molecule has 0 bridgehead atoms. The molecule has 2 nitrogen and oxygen atoms in total. The van der Waals surface area contributed by atoms with E-state index < -0.39 is 0 Å². The van der Waals surface area contributed by atoms with E-state index in [0.29, 0.717) is 11.4 Å². The third kappa shape index (κ3) is 3.30. The van der Waals surface area contributed by atoms with Crippen LogP contribution in [0.5, 0.6) is 0 Å². The van der Waals surface area contributed by atoms with E-state index in [0.717, 1.165) is 6.42 Å². The number of thioether (sulfide) groups is 1. The van der Waals surface area contributed by atoms with Gasteiger partial charge in [-0.1, -0.05) is 72.4 Å². The van der Waals surface area contributed by atoms with Gasteiger partial charge in [0, 0.05) is 12.5 Å². The van der Waals surface area contributed by atoms with Gasteiger partial charge in [0.15, 0.2) is 0 Å². The molecule has 0 spiro atoms. The Morgan fingerprint density at radius 1 is 1.00 bits per heavy atom. The highest BCUT2D eigenvalue weighted by Gasteiger charge is 2.30. The fourth-order valence-electron chi connectivity index (χ4n) is 2.46. The lowest BCUT2D eigenvalue weighted by atomic mass is 10.2. The Balaban J connectivity index is 1.80. The molecule has 2 aromatic rings. The van der Waals surface area contributed by atoms with Crippen LogP contribution in [0.15, 0.2) is 65.8 Å². The summed E-state index contributed by atoms with van der Waals surface area (Å²) in [4.78, 5) is 0. The molecule has 0 amide bonds. The lowest BCUT2D eigenvalue weighted by Gasteiger charge is -2.26. The number of nitrogens with zero attached hydrogens (tertiary/aromatic N) is 2. The lowest BCUT2D eigenvalue weighted by Crippen LogP contribution is -2.25. The van der Waals surface area contributed by atoms with Crippen molar-refractivity contribution in [3.05, 3.63) is 71.8 Å². The molecular weight excluding hydrogens is 276 g/mol. The third-order valence-corrected chi connectivity index (χ3v) is 4.74. The van der Waals surface area contributed by atoms with Crippen LogP contribution < -0.4 is 0 Å². The van der Waals surface area contributed by atoms with Gasteiger partial charge >= 0.3 is 0 Å². The number of hydrazone groups is 1. The normalized spacial score (nSPS) is 18.1. The first-order chi connectivity index (χ1) is 10.2. The van der Waals surface area contributed by atoms with Gasteiger partial charge in [-0.2, -0.15) is 5.10 Å². The van der Waals surface area contributed by atoms with E-state index in [2.05, 4.69) is 79.5 Å². The Morgan fingerprint density at radius 3 is 2.24 bits per heavy atom. The first-order valence-electron chi connectivity index (χ1n) is 7.35. The number of hydrogen-bond acceptors (Lipinski definition) is 3. The molecule has 1 heterocycles. The Morgan fingerprint density at radius 2 is 1.62 bits per heavy atom. The molecule has 3 heteroatoms. The third-order valence-electron chi connectivity index (χ3n) is 3.53. The second-order valence-corrected chi connectivity index (χ2v) is 6.66. The minimum absolute atomic E-state index is 0.296. The Bertz CT molecular complexity index is 608. The van der Waals surface area contributed by atoms with Crippen molar-refractivity contribution in [1.82, 2.24) is 5.01 Å². The maximum absolute atomic E-state index is 4.85. The van der Waals surface area contributed by atoms with Crippen LogP contribution >= 0.6 is 11.8 Å². The van der Waals surface area contributed by atoms with Crippen molar-refractivity contribution < 1.29 is 0 Å². The molecule has 2 aromatic carbocycles. The predicted octanol–water partition coefficient (Wildman–Crippen LogP) is 4.70. The zero-order valence-electron chi connectivity index (χ0n) is 12.4. The van der Waals surface area contributed by atoms with E-state index in [1.54, 1.807) is 0 Å². The largest absolute Gasteiger partial charge is 0.276 e. The minimum Gasteiger partial charge on any atom is -0.276 e. The molecule has 108 valence electrons. The van der Waals surface area contributed by atoms with Crippen molar-refractivity contribution in [3.63, 3.8) is 0 Å². The van der Waals surface area contributed by atoms with Gasteiger partial charge in [-0.25, -0.2) is 0 Å². The number of rotatable bonds is 4. The molecule has 1 aliphatic heterocycles. The van der Waals surface area contributed by atoms with Gasteiger partial charge in [-0.3, -0.25) is 5.01 Å². The lowest BCUT2D eigenvalue weighted by molar-refractivity contribution is 0.223. The molecular formula is C18H20N2S. The predicted molar refractivity (Wildman–Crippen MR) is 91.3 cm³/mol. The molecule has 1 atom stereocenters. The van der Waals surface area contributed by atoms with Crippen molar-refractivity contribution in [2.45, 2.75) is 31.7 Å². The molecule has 0 N–H and O–H groups in total. The molecule has 1 unspecified atom stereocenters. The highest BCUT2D eigenvalue weighted by molar-refractivity contribution is 8.14. The average Bonchev–Trinajstić information content (AvgIpc) is 2.93. The number of hydrogen-bond donors (Lipinski definition) is 0. The average molecular weight is 296 g/mol. The summed E-state index contributed by atoms with van der Waals surface area (Å²) >= 11 is 1.87. The van der Waals surface area contributed by atoms with Crippen LogP contribution in [0.25, 0.3) is 0 Å². The molecule has 21 heavy (non-hydrogen) atoms. The van der Waals surface area contributed by atoms with Crippen molar-refractivity contribution in [2.24, 2.45) is 5.10 Å². The van der Waals surface area contributed by atoms with Crippen molar-refractivity contribution >= 4 is 16.8 Å². The monoisotopic (exact) mass is 296 g/mol. The Labute approximate surface area is 130 Å². The highest BCUT2D eigenvalue weighted by Crippen LogP contribution is 2.41. The number of benzene rings is 2. The van der Waals surface area contributed by atoms with Gasteiger partial charge in [-0.15, -0.1) is 0 Å². The molecule has 3 rings (SSSR count). The SMILES string of the molecule is CC(C)N1N=C(Cc2ccccc2)SC1c1ccccc1. The van der Waals surface area contributed by atoms with Gasteiger partial charge in [0.2, 0.25) is 0 Å². The van der Waals surface area contributed by atoms with E-state index in [-0.39, 0.29) is 0 Å². The topological polar surface area (TPSA) is 15.6 Å². The van der Waals surface area contributed by atoms with Gasteiger partial charge in [0.1, 0.15) is 10.4 Å². The fourth-order valence-corrected chi connectivity index (χ4v) is 3.80. The molecule has 0 fully saturated rings. The highest BCUT2D eigenvalue weighted by atomic mass is 32.2. The van der Waals surface area contributed by atoms with Crippen LogP contribution in [0, 0.1) is 0 Å². The molecule has 0 aromatic heterocycles. The molecule has 0 saturated heterocycles. The van der Waals surface area contributed by atoms with E-state index in [1.807, 2.05) is 11.8 Å². The quantitative estimate of drug-likeness (QED) is 0.812. The maximum Gasteiger partial charge on any atom is 0.123 e. The maximum atomic E-state index is 4.85. The summed E-state index contributed by atoms with van der Waals surface area (Å²) in [5, 5.41) is 8.57. The second-order valence-electron chi connectivity index (χ2n) is 5.51. The summed E-state index contributed by atoms with van der Waals surface area (Å²) < 4.78 is 0. The van der Waals surface area contributed by atoms with Crippen molar-refractivity contribution in [3.8, 4) is 0 Å².